The maximum atomic E-state index is 13.0. The number of nitrogens with one attached hydrogen (secondary N) is 1. The third-order valence-corrected chi connectivity index (χ3v) is 3.89. The Morgan fingerprint density at radius 2 is 1.73 bits per heavy atom. The van der Waals surface area contributed by atoms with Crippen molar-refractivity contribution in [1.29, 1.82) is 0 Å². The lowest BCUT2D eigenvalue weighted by molar-refractivity contribution is 0.169. The Balaban J connectivity index is 2.02. The van der Waals surface area contributed by atoms with Gasteiger partial charge < -0.3 is 10.4 Å². The fraction of sp³-hybridized carbons (Fsp3) is 0.294. The molecule has 0 aliphatic rings. The highest BCUT2D eigenvalue weighted by Gasteiger charge is 2.15. The summed E-state index contributed by atoms with van der Waals surface area (Å²) in [7, 11) is 0. The molecule has 22 heavy (non-hydrogen) atoms. The largest absolute Gasteiger partial charge is 0.387 e. The lowest BCUT2D eigenvalue weighted by atomic mass is 10.0. The minimum absolute atomic E-state index is 0.00512. The zero-order valence-corrected chi connectivity index (χ0v) is 12.9. The molecular weight excluding hydrogens is 308 g/mol. The lowest BCUT2D eigenvalue weighted by Crippen LogP contribution is -2.26. The van der Waals surface area contributed by atoms with Crippen LogP contribution in [0.1, 0.15) is 36.6 Å². The quantitative estimate of drug-likeness (QED) is 0.825. The van der Waals surface area contributed by atoms with E-state index in [2.05, 4.69) is 5.32 Å². The maximum absolute atomic E-state index is 13.0. The molecule has 0 heterocycles. The molecule has 2 nitrogen and oxygen atoms in total. The van der Waals surface area contributed by atoms with Gasteiger partial charge in [0.1, 0.15) is 11.6 Å². The monoisotopic (exact) mass is 325 g/mol. The fourth-order valence-corrected chi connectivity index (χ4v) is 2.62. The van der Waals surface area contributed by atoms with Gasteiger partial charge in [-0.05, 0) is 36.2 Å². The summed E-state index contributed by atoms with van der Waals surface area (Å²) in [5.74, 6) is -0.719. The molecule has 118 valence electrons. The molecule has 0 saturated heterocycles. The van der Waals surface area contributed by atoms with Crippen LogP contribution >= 0.6 is 11.6 Å². The minimum atomic E-state index is -0.845. The second kappa shape index (κ2) is 7.68. The van der Waals surface area contributed by atoms with Gasteiger partial charge in [0, 0.05) is 23.2 Å². The molecule has 0 spiro atoms. The van der Waals surface area contributed by atoms with Gasteiger partial charge in [-0.15, -0.1) is 0 Å². The van der Waals surface area contributed by atoms with E-state index in [-0.39, 0.29) is 23.4 Å². The topological polar surface area (TPSA) is 32.3 Å². The predicted molar refractivity (Wildman–Crippen MR) is 83.8 cm³/mol. The zero-order valence-electron chi connectivity index (χ0n) is 12.2. The summed E-state index contributed by atoms with van der Waals surface area (Å²) in [4.78, 5) is 0. The molecule has 0 fully saturated rings. The Morgan fingerprint density at radius 1 is 1.09 bits per heavy atom. The first kappa shape index (κ1) is 16.9. The van der Waals surface area contributed by atoms with Crippen LogP contribution in [0.25, 0.3) is 0 Å². The molecule has 0 amide bonds. The van der Waals surface area contributed by atoms with Gasteiger partial charge in [0.15, 0.2) is 0 Å². The molecule has 2 atom stereocenters. The third-order valence-electron chi connectivity index (χ3n) is 3.56. The Bertz CT molecular complexity index is 619. The fourth-order valence-electron chi connectivity index (χ4n) is 2.33. The Hall–Kier alpha value is -1.49. The highest BCUT2D eigenvalue weighted by Crippen LogP contribution is 2.25. The molecule has 0 aliphatic carbocycles. The molecule has 0 bridgehead atoms. The molecule has 2 rings (SSSR count). The van der Waals surface area contributed by atoms with Crippen LogP contribution in [0.2, 0.25) is 5.02 Å². The summed E-state index contributed by atoms with van der Waals surface area (Å²) >= 11 is 5.94. The van der Waals surface area contributed by atoms with Gasteiger partial charge in [0.25, 0.3) is 0 Å². The number of halogens is 3. The molecule has 2 aromatic rings. The Labute approximate surface area is 133 Å². The van der Waals surface area contributed by atoms with Crippen LogP contribution in [0.3, 0.4) is 0 Å². The van der Waals surface area contributed by atoms with Crippen LogP contribution in [-0.4, -0.2) is 11.7 Å². The average Bonchev–Trinajstić information content (AvgIpc) is 2.49. The number of aliphatic hydroxyl groups excluding tert-OH is 1. The van der Waals surface area contributed by atoms with E-state index in [1.54, 1.807) is 12.1 Å². The van der Waals surface area contributed by atoms with Gasteiger partial charge in [-0.3, -0.25) is 0 Å². The van der Waals surface area contributed by atoms with Crippen LogP contribution in [0.5, 0.6) is 0 Å². The van der Waals surface area contributed by atoms with Crippen LogP contribution in [0, 0.1) is 11.6 Å². The normalized spacial score (nSPS) is 13.9. The lowest BCUT2D eigenvalue weighted by Gasteiger charge is -2.20. The molecule has 2 aromatic carbocycles. The van der Waals surface area contributed by atoms with E-state index in [0.717, 1.165) is 12.0 Å². The van der Waals surface area contributed by atoms with E-state index in [1.165, 1.54) is 30.3 Å². The summed E-state index contributed by atoms with van der Waals surface area (Å²) in [6.45, 7) is 2.26. The third kappa shape index (κ3) is 4.26. The molecule has 0 saturated carbocycles. The van der Waals surface area contributed by atoms with Gasteiger partial charge in [-0.1, -0.05) is 36.7 Å². The zero-order chi connectivity index (χ0) is 16.1. The summed E-state index contributed by atoms with van der Waals surface area (Å²) in [6, 6.07) is 10.2. The first-order valence-electron chi connectivity index (χ1n) is 7.13. The number of hydrogen-bond acceptors (Lipinski definition) is 2. The number of benzene rings is 2. The van der Waals surface area contributed by atoms with Crippen LogP contribution < -0.4 is 5.32 Å². The van der Waals surface area contributed by atoms with Crippen molar-refractivity contribution in [3.05, 3.63) is 70.2 Å². The van der Waals surface area contributed by atoms with Crippen molar-refractivity contribution in [1.82, 2.24) is 5.32 Å². The number of hydrogen-bond donors (Lipinski definition) is 2. The average molecular weight is 326 g/mol. The highest BCUT2D eigenvalue weighted by molar-refractivity contribution is 6.31. The van der Waals surface area contributed by atoms with Crippen LogP contribution in [0.4, 0.5) is 8.78 Å². The van der Waals surface area contributed by atoms with Gasteiger partial charge >= 0.3 is 0 Å². The van der Waals surface area contributed by atoms with Gasteiger partial charge in [-0.25, -0.2) is 8.78 Å². The first-order valence-corrected chi connectivity index (χ1v) is 7.51. The molecule has 1 unspecified atom stereocenters. The Kier molecular flexibility index (Phi) is 5.89. The van der Waals surface area contributed by atoms with E-state index in [4.69, 9.17) is 11.6 Å². The van der Waals surface area contributed by atoms with Crippen molar-refractivity contribution in [2.45, 2.75) is 25.5 Å². The SMILES string of the molecule is CC[C@@H](NCC(O)c1ccc(F)cc1Cl)c1ccc(F)cc1. The summed E-state index contributed by atoms with van der Waals surface area (Å²) in [5, 5.41) is 13.6. The molecule has 2 N–H and O–H groups in total. The number of aliphatic hydroxyl groups is 1. The second-order valence-electron chi connectivity index (χ2n) is 5.10. The predicted octanol–water partition coefficient (Wildman–Crippen LogP) is 4.39. The molecular formula is C17H18ClF2NO. The van der Waals surface area contributed by atoms with Gasteiger partial charge in [0.05, 0.1) is 6.10 Å². The Morgan fingerprint density at radius 3 is 2.32 bits per heavy atom. The first-order chi connectivity index (χ1) is 10.5. The van der Waals surface area contributed by atoms with Gasteiger partial charge in [0.2, 0.25) is 0 Å². The van der Waals surface area contributed by atoms with E-state index in [0.29, 0.717) is 5.56 Å². The second-order valence-corrected chi connectivity index (χ2v) is 5.51. The van der Waals surface area contributed by atoms with Crippen molar-refractivity contribution < 1.29 is 13.9 Å². The summed E-state index contributed by atoms with van der Waals surface area (Å²) in [5.41, 5.74) is 1.42. The smallest absolute Gasteiger partial charge is 0.124 e. The van der Waals surface area contributed by atoms with Crippen molar-refractivity contribution in [2.75, 3.05) is 6.54 Å². The van der Waals surface area contributed by atoms with E-state index in [9.17, 15) is 13.9 Å². The van der Waals surface area contributed by atoms with Crippen LogP contribution in [0.15, 0.2) is 42.5 Å². The summed E-state index contributed by atoms with van der Waals surface area (Å²) < 4.78 is 26.0. The molecule has 0 aromatic heterocycles. The van der Waals surface area contributed by atoms with Crippen molar-refractivity contribution in [3.8, 4) is 0 Å². The van der Waals surface area contributed by atoms with Crippen molar-refractivity contribution >= 4 is 11.6 Å². The standard InChI is InChI=1S/C17H18ClF2NO/c1-2-16(11-3-5-12(19)6-4-11)21-10-17(22)14-8-7-13(20)9-15(14)18/h3-9,16-17,21-22H,2,10H2,1H3/t16-,17?/m1/s1. The maximum Gasteiger partial charge on any atom is 0.124 e. The number of rotatable bonds is 6. The van der Waals surface area contributed by atoms with Crippen molar-refractivity contribution in [3.63, 3.8) is 0 Å². The van der Waals surface area contributed by atoms with E-state index < -0.39 is 11.9 Å². The molecule has 5 heteroatoms. The summed E-state index contributed by atoms with van der Waals surface area (Å²) in [6.07, 6.45) is -0.0576. The van der Waals surface area contributed by atoms with Gasteiger partial charge in [-0.2, -0.15) is 0 Å². The van der Waals surface area contributed by atoms with Crippen molar-refractivity contribution in [2.24, 2.45) is 0 Å². The van der Waals surface area contributed by atoms with Crippen LogP contribution in [-0.2, 0) is 0 Å². The molecule has 0 radical (unpaired) electrons. The highest BCUT2D eigenvalue weighted by atomic mass is 35.5. The van der Waals surface area contributed by atoms with E-state index in [1.807, 2.05) is 6.92 Å². The minimum Gasteiger partial charge on any atom is -0.387 e. The molecule has 0 aliphatic heterocycles. The van der Waals surface area contributed by atoms with E-state index >= 15 is 0 Å².